The lowest BCUT2D eigenvalue weighted by Crippen LogP contribution is -2.00. The molecule has 80 valence electrons. The molecule has 0 saturated carbocycles. The van der Waals surface area contributed by atoms with Crippen LogP contribution < -0.4 is 5.73 Å². The first-order chi connectivity index (χ1) is 5.81. The highest BCUT2D eigenvalue weighted by atomic mass is 35.5. The van der Waals surface area contributed by atoms with Gasteiger partial charge in [-0.1, -0.05) is 19.3 Å². The third-order valence-corrected chi connectivity index (χ3v) is 1.81. The summed E-state index contributed by atoms with van der Waals surface area (Å²) in [6.45, 7) is 0.775. The van der Waals surface area contributed by atoms with Gasteiger partial charge in [0.05, 0.1) is 7.11 Å². The quantitative estimate of drug-likeness (QED) is 0.515. The summed E-state index contributed by atoms with van der Waals surface area (Å²) in [5.74, 6) is -0.103. The number of hydrogen-bond donors (Lipinski definition) is 1. The van der Waals surface area contributed by atoms with Crippen molar-refractivity contribution in [2.45, 2.75) is 38.5 Å². The lowest BCUT2D eigenvalue weighted by atomic mass is 10.1. The van der Waals surface area contributed by atoms with Gasteiger partial charge in [-0.2, -0.15) is 0 Å². The molecule has 2 N–H and O–H groups in total. The van der Waals surface area contributed by atoms with Gasteiger partial charge in [0.15, 0.2) is 0 Å². The minimum absolute atomic E-state index is 0. The van der Waals surface area contributed by atoms with E-state index < -0.39 is 0 Å². The zero-order valence-electron chi connectivity index (χ0n) is 8.25. The topological polar surface area (TPSA) is 52.3 Å². The molecule has 3 nitrogen and oxygen atoms in total. The summed E-state index contributed by atoms with van der Waals surface area (Å²) >= 11 is 0. The van der Waals surface area contributed by atoms with Crippen molar-refractivity contribution in [3.8, 4) is 0 Å². The maximum atomic E-state index is 10.7. The molecular formula is C9H20ClNO2. The first-order valence-corrected chi connectivity index (χ1v) is 4.58. The van der Waals surface area contributed by atoms with Crippen LogP contribution in [-0.4, -0.2) is 19.6 Å². The summed E-state index contributed by atoms with van der Waals surface area (Å²) in [6.07, 6.45) is 6.05. The molecule has 0 aliphatic rings. The standard InChI is InChI=1S/C9H19NO2.ClH/c1-12-9(11)7-5-3-2-4-6-8-10;/h2-8,10H2,1H3;1H. The second-order valence-corrected chi connectivity index (χ2v) is 2.88. The van der Waals surface area contributed by atoms with Gasteiger partial charge in [-0.15, -0.1) is 12.4 Å². The average molecular weight is 210 g/mol. The third kappa shape index (κ3) is 11.7. The summed E-state index contributed by atoms with van der Waals surface area (Å²) < 4.78 is 4.52. The number of unbranched alkanes of at least 4 members (excludes halogenated alkanes) is 4. The predicted octanol–water partition coefficient (Wildman–Crippen LogP) is 1.88. The number of hydrogen-bond acceptors (Lipinski definition) is 3. The Morgan fingerprint density at radius 3 is 2.23 bits per heavy atom. The van der Waals surface area contributed by atoms with Gasteiger partial charge >= 0.3 is 5.97 Å². The number of esters is 1. The first kappa shape index (κ1) is 15.2. The van der Waals surface area contributed by atoms with Crippen molar-refractivity contribution in [3.05, 3.63) is 0 Å². The van der Waals surface area contributed by atoms with E-state index in [2.05, 4.69) is 4.74 Å². The third-order valence-electron chi connectivity index (χ3n) is 1.81. The Morgan fingerprint density at radius 2 is 1.69 bits per heavy atom. The molecule has 0 bridgehead atoms. The summed E-state index contributed by atoms with van der Waals surface area (Å²) in [5, 5.41) is 0. The van der Waals surface area contributed by atoms with Crippen LogP contribution in [0.3, 0.4) is 0 Å². The van der Waals surface area contributed by atoms with Crippen molar-refractivity contribution in [2.24, 2.45) is 5.73 Å². The van der Waals surface area contributed by atoms with Crippen LogP contribution in [-0.2, 0) is 9.53 Å². The smallest absolute Gasteiger partial charge is 0.305 e. The minimum atomic E-state index is -0.103. The normalized spacial score (nSPS) is 9.08. The molecule has 0 rings (SSSR count). The van der Waals surface area contributed by atoms with Gasteiger partial charge in [0.1, 0.15) is 0 Å². The van der Waals surface area contributed by atoms with Crippen molar-refractivity contribution in [1.82, 2.24) is 0 Å². The van der Waals surface area contributed by atoms with E-state index in [0.717, 1.165) is 25.8 Å². The molecule has 0 heterocycles. The van der Waals surface area contributed by atoms with E-state index >= 15 is 0 Å². The van der Waals surface area contributed by atoms with E-state index in [1.165, 1.54) is 20.0 Å². The Bertz CT molecular complexity index is 120. The van der Waals surface area contributed by atoms with Crippen LogP contribution in [0, 0.1) is 0 Å². The highest BCUT2D eigenvalue weighted by molar-refractivity contribution is 5.85. The SMILES string of the molecule is COC(=O)CCCCCCCN.Cl. The highest BCUT2D eigenvalue weighted by Gasteiger charge is 1.98. The van der Waals surface area contributed by atoms with Crippen LogP contribution in [0.25, 0.3) is 0 Å². The molecule has 13 heavy (non-hydrogen) atoms. The molecule has 0 radical (unpaired) electrons. The number of rotatable bonds is 7. The number of halogens is 1. The first-order valence-electron chi connectivity index (χ1n) is 4.58. The van der Waals surface area contributed by atoms with Gasteiger partial charge in [0, 0.05) is 6.42 Å². The second kappa shape index (κ2) is 11.7. The molecule has 0 amide bonds. The van der Waals surface area contributed by atoms with Gasteiger partial charge in [-0.25, -0.2) is 0 Å². The van der Waals surface area contributed by atoms with Crippen LogP contribution in [0.2, 0.25) is 0 Å². The maximum absolute atomic E-state index is 10.7. The van der Waals surface area contributed by atoms with E-state index in [4.69, 9.17) is 5.73 Å². The Kier molecular flexibility index (Phi) is 13.7. The molecular weight excluding hydrogens is 190 g/mol. The maximum Gasteiger partial charge on any atom is 0.305 e. The number of methoxy groups -OCH3 is 1. The van der Waals surface area contributed by atoms with Crippen LogP contribution in [0.5, 0.6) is 0 Å². The van der Waals surface area contributed by atoms with Gasteiger partial charge in [-0.05, 0) is 19.4 Å². The van der Waals surface area contributed by atoms with Gasteiger partial charge in [-0.3, -0.25) is 4.79 Å². The molecule has 0 aromatic heterocycles. The summed E-state index contributed by atoms with van der Waals surface area (Å²) in [5.41, 5.74) is 5.34. The van der Waals surface area contributed by atoms with E-state index in [1.54, 1.807) is 0 Å². The Hall–Kier alpha value is -0.280. The van der Waals surface area contributed by atoms with Gasteiger partial charge in [0.2, 0.25) is 0 Å². The predicted molar refractivity (Wildman–Crippen MR) is 56.0 cm³/mol. The Balaban J connectivity index is 0. The molecule has 0 aromatic carbocycles. The molecule has 0 saturated heterocycles. The largest absolute Gasteiger partial charge is 0.469 e. The van der Waals surface area contributed by atoms with Gasteiger partial charge < -0.3 is 10.5 Å². The molecule has 0 fully saturated rings. The van der Waals surface area contributed by atoms with E-state index in [1.807, 2.05) is 0 Å². The van der Waals surface area contributed by atoms with Gasteiger partial charge in [0.25, 0.3) is 0 Å². The van der Waals surface area contributed by atoms with Crippen LogP contribution in [0.1, 0.15) is 38.5 Å². The molecule has 0 aromatic rings. The number of carbonyl (C=O) groups is 1. The van der Waals surface area contributed by atoms with Crippen molar-refractivity contribution in [1.29, 1.82) is 0 Å². The number of nitrogens with two attached hydrogens (primary N) is 1. The summed E-state index contributed by atoms with van der Waals surface area (Å²) in [6, 6.07) is 0. The monoisotopic (exact) mass is 209 g/mol. The van der Waals surface area contributed by atoms with E-state index in [9.17, 15) is 4.79 Å². The van der Waals surface area contributed by atoms with Crippen molar-refractivity contribution in [3.63, 3.8) is 0 Å². The molecule has 0 aliphatic carbocycles. The zero-order valence-corrected chi connectivity index (χ0v) is 9.07. The Labute approximate surface area is 86.4 Å². The average Bonchev–Trinajstić information content (AvgIpc) is 2.10. The molecule has 4 heteroatoms. The summed E-state index contributed by atoms with van der Waals surface area (Å²) in [4.78, 5) is 10.7. The fraction of sp³-hybridized carbons (Fsp3) is 0.889. The fourth-order valence-electron chi connectivity index (χ4n) is 1.05. The molecule has 0 aliphatic heterocycles. The highest BCUT2D eigenvalue weighted by Crippen LogP contribution is 2.04. The van der Waals surface area contributed by atoms with E-state index in [0.29, 0.717) is 6.42 Å². The lowest BCUT2D eigenvalue weighted by molar-refractivity contribution is -0.140. The van der Waals surface area contributed by atoms with Crippen LogP contribution in [0.4, 0.5) is 0 Å². The number of ether oxygens (including phenoxy) is 1. The minimum Gasteiger partial charge on any atom is -0.469 e. The summed E-state index contributed by atoms with van der Waals surface area (Å²) in [7, 11) is 1.43. The van der Waals surface area contributed by atoms with Crippen LogP contribution in [0.15, 0.2) is 0 Å². The number of carbonyl (C=O) groups excluding carboxylic acids is 1. The lowest BCUT2D eigenvalue weighted by Gasteiger charge is -1.99. The van der Waals surface area contributed by atoms with Crippen molar-refractivity contribution < 1.29 is 9.53 Å². The fourth-order valence-corrected chi connectivity index (χ4v) is 1.05. The Morgan fingerprint density at radius 1 is 1.15 bits per heavy atom. The van der Waals surface area contributed by atoms with Crippen molar-refractivity contribution in [2.75, 3.05) is 13.7 Å². The van der Waals surface area contributed by atoms with Crippen LogP contribution >= 0.6 is 12.4 Å². The molecule has 0 unspecified atom stereocenters. The molecule has 0 spiro atoms. The zero-order chi connectivity index (χ0) is 9.23. The second-order valence-electron chi connectivity index (χ2n) is 2.88. The molecule has 0 atom stereocenters. The van der Waals surface area contributed by atoms with E-state index in [-0.39, 0.29) is 18.4 Å². The van der Waals surface area contributed by atoms with Crippen molar-refractivity contribution >= 4 is 18.4 Å².